The molecule has 15 rings (SSSR count). The largest absolute Gasteiger partial charge is 0.481 e. The molecule has 0 spiro atoms. The molecule has 0 saturated carbocycles. The monoisotopic (exact) mass is 1540 g/mol. The van der Waals surface area contributed by atoms with Crippen LogP contribution in [0.25, 0.3) is 33.1 Å². The molecule has 3 aromatic heterocycles. The number of fused-ring (bicyclic) bond motifs is 3. The number of nitrogens with zero attached hydrogens (tertiary/aromatic N) is 5. The zero-order valence-electron chi connectivity index (χ0n) is 60.8. The van der Waals surface area contributed by atoms with Crippen molar-refractivity contribution < 1.29 is 32.5 Å². The highest BCUT2D eigenvalue weighted by molar-refractivity contribution is 7.90. The number of hydrogen-bond donors (Lipinski definition) is 9. The molecule has 14 N–H and O–H groups in total. The Morgan fingerprint density at radius 2 is 0.737 bits per heavy atom. The first-order valence-electron chi connectivity index (χ1n) is 34.8. The summed E-state index contributed by atoms with van der Waals surface area (Å²) in [4.78, 5) is 34.4. The minimum atomic E-state index is -3.29. The van der Waals surface area contributed by atoms with Gasteiger partial charge in [0.2, 0.25) is 10.0 Å². The molecule has 15 aromatic rings. The van der Waals surface area contributed by atoms with Crippen LogP contribution in [0.1, 0.15) is 117 Å². The van der Waals surface area contributed by atoms with Gasteiger partial charge in [0.1, 0.15) is 52.0 Å². The van der Waals surface area contributed by atoms with E-state index in [-0.39, 0.29) is 57.2 Å². The number of hydrogen-bond acceptors (Lipinski definition) is 15. The van der Waals surface area contributed by atoms with Crippen molar-refractivity contribution in [1.82, 2.24) is 40.8 Å². The van der Waals surface area contributed by atoms with Crippen molar-refractivity contribution in [2.45, 2.75) is 94.0 Å². The van der Waals surface area contributed by atoms with E-state index >= 15 is 0 Å². The first-order chi connectivity index (χ1) is 52.5. The highest BCUT2D eigenvalue weighted by Crippen LogP contribution is 2.27. The SMILES string of the molecule is C.C.C.C.CC(C)S(=O)(=O)NCc1ccc2nc(Cc3ccc(Oc4ccccc4)cc3)[nH]c2c1.N.N#Cc1ccc(N)c(N)c1.N#Cc1ccc2nc(Cc3ccc(Cc4ccccc4)cc3)[nH]c2c1.NCc1ccc2nc(Cc3ccc(Oc4ccccc4)cc3)[nH]c2c1.O=C(O)Cc1ccc(Oc2ccccc2)cc1.[B]. The van der Waals surface area contributed by atoms with Gasteiger partial charge in [0, 0.05) is 40.8 Å². The molecule has 0 aliphatic heterocycles. The fourth-order valence-electron chi connectivity index (χ4n) is 11.1. The second-order valence-electron chi connectivity index (χ2n) is 25.4. The van der Waals surface area contributed by atoms with Gasteiger partial charge < -0.3 is 57.6 Å². The van der Waals surface area contributed by atoms with Gasteiger partial charge in [0.05, 0.1) is 79.4 Å². The number of nitrogens with one attached hydrogen (secondary N) is 4. The van der Waals surface area contributed by atoms with Gasteiger partial charge in [-0.25, -0.2) is 28.1 Å². The van der Waals surface area contributed by atoms with E-state index in [0.29, 0.717) is 41.2 Å². The zero-order chi connectivity index (χ0) is 75.6. The number of sulfonamides is 1. The minimum absolute atomic E-state index is 0. The third kappa shape index (κ3) is 27.5. The van der Waals surface area contributed by atoms with Crippen LogP contribution in [-0.4, -0.2) is 63.1 Å². The number of aromatic nitrogens is 6. The van der Waals surface area contributed by atoms with Crippen LogP contribution in [0.4, 0.5) is 11.4 Å². The van der Waals surface area contributed by atoms with E-state index in [1.165, 1.54) is 22.3 Å². The molecule has 0 saturated heterocycles. The Balaban J connectivity index is 0.000000260. The van der Waals surface area contributed by atoms with Crippen molar-refractivity contribution in [3.8, 4) is 46.6 Å². The highest BCUT2D eigenvalue weighted by Gasteiger charge is 2.16. The number of ether oxygens (including phenoxy) is 3. The number of benzene rings is 12. The molecule has 20 nitrogen and oxygen atoms in total. The van der Waals surface area contributed by atoms with Crippen molar-refractivity contribution >= 4 is 68.9 Å². The average molecular weight is 1540 g/mol. The standard InChI is InChI=1S/C24H25N3O3S.C22H17N3.C21H19N3O.C14H12O3.C7H7N3.4CH4.B.H3N/c1-17(2)31(28,29)25-16-19-10-13-22-23(14-19)27-24(26-22)15-18-8-11-21(12-9-18)30-20-6-4-3-5-7-20;23-15-19-10-11-20-21(13-19)25-22(24-20)14-18-8-6-17(7-9-18)12-16-4-2-1-3-5-16;22-14-16-8-11-19-20(12-16)24-21(23-19)13-15-6-9-18(10-7-15)25-17-4-2-1-3-5-17;15-14(16)10-11-6-8-13(9-7-11)17-12-4-2-1-3-5-12;8-4-5-1-2-6(9)7(10)3-5;;;;;;/h3-14,17,25H,15-16H2,1-2H3,(H,26,27);1-11,13H,12,14H2,(H,24,25);1-12H,13-14,22H2,(H,23,24);1-9H,10H2,(H,15,16);1-3H,9-10H2;4*1H4;;1H3. The summed E-state index contributed by atoms with van der Waals surface area (Å²) in [7, 11) is -3.29. The van der Waals surface area contributed by atoms with Gasteiger partial charge in [-0.3, -0.25) is 4.79 Å². The Labute approximate surface area is 671 Å². The van der Waals surface area contributed by atoms with Crippen LogP contribution < -0.4 is 42.3 Å². The smallest absolute Gasteiger partial charge is 0.307 e. The molecule has 0 fully saturated rings. The number of aliphatic carboxylic acids is 1. The van der Waals surface area contributed by atoms with Gasteiger partial charge in [0.15, 0.2) is 0 Å². The van der Waals surface area contributed by atoms with Gasteiger partial charge in [0.25, 0.3) is 0 Å². The van der Waals surface area contributed by atoms with Gasteiger partial charge in [-0.05, 0) is 198 Å². The molecule has 0 aliphatic carbocycles. The number of nitriles is 2. The maximum atomic E-state index is 12.0. The summed E-state index contributed by atoms with van der Waals surface area (Å²) < 4.78 is 43.8. The summed E-state index contributed by atoms with van der Waals surface area (Å²) in [5.41, 5.74) is 33.1. The molecule has 114 heavy (non-hydrogen) atoms. The average Bonchev–Trinajstić information content (AvgIpc) is 1.69. The Morgan fingerprint density at radius 1 is 0.421 bits per heavy atom. The molecule has 12 aromatic carbocycles. The number of carboxylic acids is 1. The lowest BCUT2D eigenvalue weighted by molar-refractivity contribution is -0.136. The molecule has 583 valence electrons. The Hall–Kier alpha value is -13.6. The van der Waals surface area contributed by atoms with Crippen LogP contribution in [0.3, 0.4) is 0 Å². The molecular weight excluding hydrogens is 1440 g/mol. The Morgan fingerprint density at radius 3 is 1.12 bits per heavy atom. The van der Waals surface area contributed by atoms with E-state index in [4.69, 9.17) is 47.0 Å². The van der Waals surface area contributed by atoms with Crippen molar-refractivity contribution in [1.29, 1.82) is 10.5 Å². The van der Waals surface area contributed by atoms with Crippen LogP contribution in [0.15, 0.2) is 291 Å². The number of aromatic amines is 3. The Kier molecular flexibility index (Phi) is 35.8. The molecule has 0 bridgehead atoms. The second-order valence-corrected chi connectivity index (χ2v) is 27.8. The molecule has 22 heteroatoms. The van der Waals surface area contributed by atoms with E-state index in [1.54, 1.807) is 62.4 Å². The number of anilines is 2. The molecule has 0 aliphatic rings. The van der Waals surface area contributed by atoms with Crippen molar-refractivity contribution in [2.24, 2.45) is 5.73 Å². The molecule has 0 atom stereocenters. The van der Waals surface area contributed by atoms with Gasteiger partial charge in [-0.15, -0.1) is 0 Å². The quantitative estimate of drug-likeness (QED) is 0.0238. The van der Waals surface area contributed by atoms with Crippen molar-refractivity contribution in [3.63, 3.8) is 0 Å². The number of carboxylic acid groups (broad SMARTS) is 1. The summed E-state index contributed by atoms with van der Waals surface area (Å²) in [6.07, 6.45) is 3.14. The first-order valence-corrected chi connectivity index (χ1v) is 36.4. The van der Waals surface area contributed by atoms with Crippen molar-refractivity contribution in [2.75, 3.05) is 11.5 Å². The topological polar surface area (TPSA) is 358 Å². The van der Waals surface area contributed by atoms with Crippen LogP contribution in [0.2, 0.25) is 0 Å². The molecule has 3 radical (unpaired) electrons. The highest BCUT2D eigenvalue weighted by atomic mass is 32.2. The Bertz CT molecular complexity index is 5630. The van der Waals surface area contributed by atoms with E-state index in [2.05, 4.69) is 107 Å². The van der Waals surface area contributed by atoms with Gasteiger partial charge >= 0.3 is 5.97 Å². The number of carbonyl (C=O) groups is 1. The minimum Gasteiger partial charge on any atom is -0.481 e. The predicted molar refractivity (Wildman–Crippen MR) is 464 cm³/mol. The number of para-hydroxylation sites is 3. The molecule has 0 unspecified atom stereocenters. The maximum Gasteiger partial charge on any atom is 0.307 e. The van der Waals surface area contributed by atoms with E-state index in [0.717, 1.165) is 121 Å². The fraction of sp³-hybridized carbons (Fsp3) is 0.152. The third-order valence-corrected chi connectivity index (χ3v) is 18.6. The zero-order valence-corrected chi connectivity index (χ0v) is 61.6. The van der Waals surface area contributed by atoms with Crippen LogP contribution in [0.5, 0.6) is 34.5 Å². The summed E-state index contributed by atoms with van der Waals surface area (Å²) in [6, 6.07) is 97.4. The lowest BCUT2D eigenvalue weighted by atomic mass is 10.0. The summed E-state index contributed by atoms with van der Waals surface area (Å²) in [6.45, 7) is 4.11. The fourth-order valence-corrected chi connectivity index (χ4v) is 11.8. The normalized spacial score (nSPS) is 10.2. The lowest BCUT2D eigenvalue weighted by Crippen LogP contribution is -2.30. The third-order valence-electron chi connectivity index (χ3n) is 16.9. The lowest BCUT2D eigenvalue weighted by Gasteiger charge is -2.09. The van der Waals surface area contributed by atoms with Crippen molar-refractivity contribution in [3.05, 3.63) is 364 Å². The van der Waals surface area contributed by atoms with Gasteiger partial charge in [-0.2, -0.15) is 10.5 Å². The first kappa shape index (κ1) is 91.0. The number of H-pyrrole nitrogens is 3. The number of imidazole rings is 3. The number of rotatable bonds is 21. The van der Waals surface area contributed by atoms with E-state index in [9.17, 15) is 13.2 Å². The number of nitrogen functional groups attached to an aromatic ring is 2. The maximum absolute atomic E-state index is 12.0. The van der Waals surface area contributed by atoms with Gasteiger partial charge in [-0.1, -0.05) is 187 Å². The van der Waals surface area contributed by atoms with Crippen LogP contribution >= 0.6 is 0 Å². The number of nitrogens with two attached hydrogens (primary N) is 3. The molecule has 3 heterocycles. The van der Waals surface area contributed by atoms with Crippen LogP contribution in [0, 0.1) is 22.7 Å². The molecular formula is C92H99BN13O7S. The molecule has 0 amide bonds. The second kappa shape index (κ2) is 44.9. The van der Waals surface area contributed by atoms with E-state index in [1.807, 2.05) is 182 Å². The summed E-state index contributed by atoms with van der Waals surface area (Å²) in [5.74, 6) is 6.60. The predicted octanol–water partition coefficient (Wildman–Crippen LogP) is 19.9. The van der Waals surface area contributed by atoms with Crippen LogP contribution in [-0.2, 0) is 60.0 Å². The van der Waals surface area contributed by atoms with E-state index < -0.39 is 21.2 Å². The summed E-state index contributed by atoms with van der Waals surface area (Å²) in [5, 5.41) is 25.6. The summed E-state index contributed by atoms with van der Waals surface area (Å²) >= 11 is 0.